The van der Waals surface area contributed by atoms with E-state index < -0.39 is 0 Å². The minimum atomic E-state index is 0. The summed E-state index contributed by atoms with van der Waals surface area (Å²) in [6.07, 6.45) is 10.7. The lowest BCUT2D eigenvalue weighted by Crippen LogP contribution is -2.27. The minimum Gasteiger partial charge on any atom is -0.399 e. The number of nitrogens with zero attached hydrogens (tertiary/aromatic N) is 5. The summed E-state index contributed by atoms with van der Waals surface area (Å²) in [5.41, 5.74) is 4.10. The molecule has 0 bridgehead atoms. The van der Waals surface area contributed by atoms with Crippen LogP contribution in [0.3, 0.4) is 0 Å². The van der Waals surface area contributed by atoms with Gasteiger partial charge >= 0.3 is 0 Å². The third kappa shape index (κ3) is 5.91. The zero-order valence-electron chi connectivity index (χ0n) is 19.4. The van der Waals surface area contributed by atoms with E-state index in [9.17, 15) is 0 Å². The first kappa shape index (κ1) is 26.0. The molecule has 0 atom stereocenters. The van der Waals surface area contributed by atoms with Gasteiger partial charge in [-0.3, -0.25) is 0 Å². The number of imidazole rings is 1. The second kappa shape index (κ2) is 12.2. The molecule has 0 spiro atoms. The molecule has 0 radical (unpaired) electrons. The van der Waals surface area contributed by atoms with Gasteiger partial charge in [0.1, 0.15) is 7.11 Å². The van der Waals surface area contributed by atoms with Crippen molar-refractivity contribution in [2.75, 3.05) is 17.7 Å². The van der Waals surface area contributed by atoms with Crippen LogP contribution in [0.15, 0.2) is 41.8 Å². The van der Waals surface area contributed by atoms with Gasteiger partial charge in [-0.15, -0.1) is 24.8 Å². The molecule has 184 valence electrons. The molecule has 34 heavy (non-hydrogen) atoms. The van der Waals surface area contributed by atoms with Crippen molar-refractivity contribution in [3.63, 3.8) is 0 Å². The van der Waals surface area contributed by atoms with Crippen molar-refractivity contribution in [3.8, 4) is 0 Å². The Kier molecular flexibility index (Phi) is 9.36. The van der Waals surface area contributed by atoms with Crippen molar-refractivity contribution in [1.29, 1.82) is 0 Å². The molecule has 2 heterocycles. The van der Waals surface area contributed by atoms with Crippen LogP contribution in [0.4, 0.5) is 11.8 Å². The lowest BCUT2D eigenvalue weighted by atomic mass is 9.94. The first-order chi connectivity index (χ1) is 15.8. The number of halogens is 2. The van der Waals surface area contributed by atoms with Gasteiger partial charge in [0.25, 0.3) is 0 Å². The highest BCUT2D eigenvalue weighted by molar-refractivity contribution is 5.86. The highest BCUT2D eigenvalue weighted by Crippen LogP contribution is 2.33. The van der Waals surface area contributed by atoms with Gasteiger partial charge in [-0.1, -0.05) is 48.3 Å². The molecule has 10 heteroatoms. The van der Waals surface area contributed by atoms with Crippen LogP contribution in [0, 0.1) is 0 Å². The van der Waals surface area contributed by atoms with Crippen LogP contribution in [-0.4, -0.2) is 38.4 Å². The van der Waals surface area contributed by atoms with E-state index in [1.165, 1.54) is 31.2 Å². The first-order valence-corrected chi connectivity index (χ1v) is 11.7. The molecule has 8 nitrogen and oxygen atoms in total. The average molecular weight is 506 g/mol. The zero-order valence-corrected chi connectivity index (χ0v) is 21.1. The summed E-state index contributed by atoms with van der Waals surface area (Å²) in [7, 11) is 1.61. The highest BCUT2D eigenvalue weighted by Gasteiger charge is 2.23. The van der Waals surface area contributed by atoms with Crippen molar-refractivity contribution in [2.45, 2.75) is 70.0 Å². The molecule has 2 aliphatic carbocycles. The molecular formula is C24H33Cl2N7O. The largest absolute Gasteiger partial charge is 0.399 e. The van der Waals surface area contributed by atoms with E-state index >= 15 is 0 Å². The Morgan fingerprint density at radius 1 is 1.03 bits per heavy atom. The molecule has 5 rings (SSSR count). The van der Waals surface area contributed by atoms with Gasteiger partial charge in [0, 0.05) is 18.6 Å². The SMILES string of the molecule is CON=C1CCC(Nc2nc(NCc3ccccc3)c3ncn(C4CCCC4)c3n2)CC1.Cl.Cl. The molecule has 3 aromatic rings. The van der Waals surface area contributed by atoms with Crippen LogP contribution in [-0.2, 0) is 11.4 Å². The number of hydrogen-bond donors (Lipinski definition) is 2. The molecule has 1 aromatic carbocycles. The number of aromatic nitrogens is 4. The first-order valence-electron chi connectivity index (χ1n) is 11.7. The van der Waals surface area contributed by atoms with Crippen LogP contribution >= 0.6 is 24.8 Å². The Labute approximate surface area is 212 Å². The summed E-state index contributed by atoms with van der Waals surface area (Å²) in [6, 6.07) is 11.2. The van der Waals surface area contributed by atoms with E-state index in [-0.39, 0.29) is 24.8 Å². The smallest absolute Gasteiger partial charge is 0.227 e. The fourth-order valence-corrected chi connectivity index (χ4v) is 4.83. The summed E-state index contributed by atoms with van der Waals surface area (Å²) >= 11 is 0. The summed E-state index contributed by atoms with van der Waals surface area (Å²) in [6.45, 7) is 0.697. The molecule has 0 amide bonds. The molecule has 0 aliphatic heterocycles. The van der Waals surface area contributed by atoms with Crippen molar-refractivity contribution in [2.24, 2.45) is 5.16 Å². The number of benzene rings is 1. The molecule has 0 saturated heterocycles. The lowest BCUT2D eigenvalue weighted by Gasteiger charge is -2.24. The Hall–Kier alpha value is -2.58. The van der Waals surface area contributed by atoms with Gasteiger partial charge in [-0.05, 0) is 44.1 Å². The molecule has 2 fully saturated rings. The quantitative estimate of drug-likeness (QED) is 0.397. The second-order valence-corrected chi connectivity index (χ2v) is 8.76. The van der Waals surface area contributed by atoms with E-state index in [0.717, 1.165) is 48.4 Å². The maximum Gasteiger partial charge on any atom is 0.227 e. The summed E-state index contributed by atoms with van der Waals surface area (Å²) < 4.78 is 2.26. The van der Waals surface area contributed by atoms with Crippen molar-refractivity contribution in [3.05, 3.63) is 42.2 Å². The maximum atomic E-state index is 4.94. The molecule has 2 N–H and O–H groups in total. The topological polar surface area (TPSA) is 89.3 Å². The third-order valence-electron chi connectivity index (χ3n) is 6.56. The summed E-state index contributed by atoms with van der Waals surface area (Å²) in [5.74, 6) is 1.46. The van der Waals surface area contributed by atoms with Crippen molar-refractivity contribution in [1.82, 2.24) is 19.5 Å². The molecular weight excluding hydrogens is 473 g/mol. The van der Waals surface area contributed by atoms with E-state index in [2.05, 4.69) is 44.6 Å². The van der Waals surface area contributed by atoms with Gasteiger partial charge in [-0.25, -0.2) is 4.98 Å². The third-order valence-corrected chi connectivity index (χ3v) is 6.56. The van der Waals surface area contributed by atoms with Crippen LogP contribution in [0.2, 0.25) is 0 Å². The van der Waals surface area contributed by atoms with Gasteiger partial charge in [0.2, 0.25) is 5.95 Å². The number of anilines is 2. The predicted molar refractivity (Wildman–Crippen MR) is 141 cm³/mol. The van der Waals surface area contributed by atoms with Crippen LogP contribution < -0.4 is 10.6 Å². The Bertz CT molecular complexity index is 1070. The Morgan fingerprint density at radius 2 is 1.76 bits per heavy atom. The fraction of sp³-hybridized carbons (Fsp3) is 0.500. The Balaban J connectivity index is 0.00000162. The average Bonchev–Trinajstić information content (AvgIpc) is 3.50. The minimum absolute atomic E-state index is 0. The van der Waals surface area contributed by atoms with Crippen molar-refractivity contribution >= 4 is 53.5 Å². The second-order valence-electron chi connectivity index (χ2n) is 8.76. The standard InChI is InChI=1S/C24H31N7O.2ClH/c1-32-30-19-13-11-18(12-14-19)27-24-28-22(25-15-17-7-3-2-4-8-17)21-23(29-24)31(16-26-21)20-9-5-6-10-20;;/h2-4,7-8,16,18,20H,5-6,9-15H2,1H3,(H2,25,27,28,29);2*1H. The van der Waals surface area contributed by atoms with Crippen LogP contribution in [0.5, 0.6) is 0 Å². The molecule has 2 saturated carbocycles. The zero-order chi connectivity index (χ0) is 21.8. The molecule has 2 aromatic heterocycles. The van der Waals surface area contributed by atoms with Crippen molar-refractivity contribution < 1.29 is 4.84 Å². The lowest BCUT2D eigenvalue weighted by molar-refractivity contribution is 0.210. The number of rotatable bonds is 7. The number of hydrogen-bond acceptors (Lipinski definition) is 7. The predicted octanol–water partition coefficient (Wildman–Crippen LogP) is 5.75. The van der Waals surface area contributed by atoms with E-state index in [1.54, 1.807) is 7.11 Å². The normalized spacial score (nSPS) is 18.1. The summed E-state index contributed by atoms with van der Waals surface area (Å²) in [4.78, 5) is 19.4. The van der Waals surface area contributed by atoms with Gasteiger partial charge in [-0.2, -0.15) is 9.97 Å². The van der Waals surface area contributed by atoms with E-state index in [0.29, 0.717) is 24.6 Å². The van der Waals surface area contributed by atoms with Gasteiger partial charge in [0.05, 0.1) is 12.0 Å². The number of fused-ring (bicyclic) bond motifs is 1. The summed E-state index contributed by atoms with van der Waals surface area (Å²) in [5, 5.41) is 11.2. The fourth-order valence-electron chi connectivity index (χ4n) is 4.83. The maximum absolute atomic E-state index is 4.94. The van der Waals surface area contributed by atoms with E-state index in [1.807, 2.05) is 12.4 Å². The molecule has 0 unspecified atom stereocenters. The van der Waals surface area contributed by atoms with Crippen LogP contribution in [0.25, 0.3) is 11.2 Å². The molecule has 2 aliphatic rings. The van der Waals surface area contributed by atoms with E-state index in [4.69, 9.17) is 19.8 Å². The van der Waals surface area contributed by atoms with Crippen LogP contribution in [0.1, 0.15) is 63.0 Å². The Morgan fingerprint density at radius 3 is 2.47 bits per heavy atom. The number of nitrogens with one attached hydrogen (secondary N) is 2. The van der Waals surface area contributed by atoms with Gasteiger partial charge in [0.15, 0.2) is 17.0 Å². The highest BCUT2D eigenvalue weighted by atomic mass is 35.5. The monoisotopic (exact) mass is 505 g/mol. The number of oxime groups is 1. The van der Waals surface area contributed by atoms with Gasteiger partial charge < -0.3 is 20.0 Å².